The van der Waals surface area contributed by atoms with Gasteiger partial charge < -0.3 is 9.64 Å². The maximum absolute atomic E-state index is 12.3. The summed E-state index contributed by atoms with van der Waals surface area (Å²) >= 11 is 0. The van der Waals surface area contributed by atoms with Crippen LogP contribution in [-0.4, -0.2) is 49.7 Å². The molecule has 0 bridgehead atoms. The van der Waals surface area contributed by atoms with E-state index in [9.17, 15) is 13.2 Å². The minimum atomic E-state index is -3.53. The number of carbonyl (C=O) groups excluding carboxylic acids is 1. The number of para-hydroxylation sites is 1. The number of likely N-dealkylation sites (tertiary alicyclic amines) is 1. The highest BCUT2D eigenvalue weighted by molar-refractivity contribution is 7.93. The molecule has 1 aliphatic rings. The average Bonchev–Trinajstić information content (AvgIpc) is 2.53. The molecule has 1 aromatic heterocycles. The van der Waals surface area contributed by atoms with Crippen LogP contribution in [0.3, 0.4) is 0 Å². The lowest BCUT2D eigenvalue weighted by molar-refractivity contribution is 0.0652. The number of sulfonamides is 1. The van der Waals surface area contributed by atoms with Crippen LogP contribution in [-0.2, 0) is 10.0 Å². The zero-order chi connectivity index (χ0) is 17.2. The van der Waals surface area contributed by atoms with Gasteiger partial charge in [-0.05, 0) is 18.2 Å². The van der Waals surface area contributed by atoms with E-state index in [2.05, 4.69) is 9.71 Å². The lowest BCUT2D eigenvalue weighted by Gasteiger charge is -2.38. The van der Waals surface area contributed by atoms with Crippen LogP contribution in [0, 0.1) is 0 Å². The zero-order valence-electron chi connectivity index (χ0n) is 13.0. The first-order valence-corrected chi connectivity index (χ1v) is 8.91. The molecule has 24 heavy (non-hydrogen) atoms. The summed E-state index contributed by atoms with van der Waals surface area (Å²) in [6.07, 6.45) is 0. The van der Waals surface area contributed by atoms with E-state index >= 15 is 0 Å². The van der Waals surface area contributed by atoms with Gasteiger partial charge in [0.1, 0.15) is 10.9 Å². The van der Waals surface area contributed by atoms with E-state index in [0.29, 0.717) is 11.6 Å². The second-order valence-corrected chi connectivity index (χ2v) is 7.37. The molecule has 7 nitrogen and oxygen atoms in total. The number of anilines is 1. The molecule has 2 heterocycles. The van der Waals surface area contributed by atoms with Crippen LogP contribution in [0.1, 0.15) is 10.5 Å². The summed E-state index contributed by atoms with van der Waals surface area (Å²) < 4.78 is 32.1. The first kappa shape index (κ1) is 16.3. The predicted octanol–water partition coefficient (Wildman–Crippen LogP) is 1.36. The monoisotopic (exact) mass is 347 g/mol. The number of pyridine rings is 1. The SMILES string of the molecule is COc1cccc(C(=O)N2CC(S(=O)(=O)Nc3ccccc3)C2)n1. The Morgan fingerprint density at radius 2 is 1.88 bits per heavy atom. The number of methoxy groups -OCH3 is 1. The van der Waals surface area contributed by atoms with Crippen molar-refractivity contribution in [2.45, 2.75) is 5.25 Å². The molecule has 0 spiro atoms. The summed E-state index contributed by atoms with van der Waals surface area (Å²) in [7, 11) is -2.06. The van der Waals surface area contributed by atoms with Crippen molar-refractivity contribution in [2.24, 2.45) is 0 Å². The Kier molecular flexibility index (Phi) is 4.39. The summed E-state index contributed by atoms with van der Waals surface area (Å²) in [5.41, 5.74) is 0.748. The minimum Gasteiger partial charge on any atom is -0.481 e. The number of nitrogens with one attached hydrogen (secondary N) is 1. The van der Waals surface area contributed by atoms with E-state index in [0.717, 1.165) is 0 Å². The number of carbonyl (C=O) groups is 1. The number of aromatic nitrogens is 1. The molecule has 2 aromatic rings. The highest BCUT2D eigenvalue weighted by atomic mass is 32.2. The Morgan fingerprint density at radius 1 is 1.17 bits per heavy atom. The van der Waals surface area contributed by atoms with E-state index in [1.165, 1.54) is 12.0 Å². The Morgan fingerprint density at radius 3 is 2.54 bits per heavy atom. The van der Waals surface area contributed by atoms with Gasteiger partial charge in [0, 0.05) is 24.8 Å². The number of benzene rings is 1. The zero-order valence-corrected chi connectivity index (χ0v) is 13.9. The topological polar surface area (TPSA) is 88.6 Å². The van der Waals surface area contributed by atoms with Gasteiger partial charge in [-0.2, -0.15) is 0 Å². The molecular weight excluding hydrogens is 330 g/mol. The molecule has 0 atom stereocenters. The standard InChI is InChI=1S/C16H17N3O4S/c1-23-15-9-5-8-14(17-15)16(20)19-10-13(11-19)24(21,22)18-12-6-3-2-4-7-12/h2-9,13,18H,10-11H2,1H3. The third-order valence-electron chi connectivity index (χ3n) is 3.76. The molecule has 1 aromatic carbocycles. The Bertz CT molecular complexity index is 833. The van der Waals surface area contributed by atoms with Crippen molar-refractivity contribution in [3.63, 3.8) is 0 Å². The van der Waals surface area contributed by atoms with Gasteiger partial charge in [-0.15, -0.1) is 0 Å². The smallest absolute Gasteiger partial charge is 0.272 e. The molecule has 0 saturated carbocycles. The number of hydrogen-bond acceptors (Lipinski definition) is 5. The van der Waals surface area contributed by atoms with Crippen LogP contribution < -0.4 is 9.46 Å². The van der Waals surface area contributed by atoms with Crippen molar-refractivity contribution in [3.8, 4) is 5.88 Å². The van der Waals surface area contributed by atoms with Crippen molar-refractivity contribution < 1.29 is 17.9 Å². The van der Waals surface area contributed by atoms with Gasteiger partial charge in [-0.1, -0.05) is 24.3 Å². The lowest BCUT2D eigenvalue weighted by atomic mass is 10.2. The first-order chi connectivity index (χ1) is 11.5. The number of ether oxygens (including phenoxy) is 1. The number of nitrogens with zero attached hydrogens (tertiary/aromatic N) is 2. The fraction of sp³-hybridized carbons (Fsp3) is 0.250. The Hall–Kier alpha value is -2.61. The summed E-state index contributed by atoms with van der Waals surface area (Å²) in [6.45, 7) is 0.278. The van der Waals surface area contributed by atoms with Gasteiger partial charge in [0.05, 0.1) is 7.11 Å². The Balaban J connectivity index is 1.63. The van der Waals surface area contributed by atoms with Crippen molar-refractivity contribution in [3.05, 3.63) is 54.2 Å². The number of rotatable bonds is 5. The lowest BCUT2D eigenvalue weighted by Crippen LogP contribution is -2.58. The van der Waals surface area contributed by atoms with Gasteiger partial charge >= 0.3 is 0 Å². The highest BCUT2D eigenvalue weighted by Gasteiger charge is 2.40. The second kappa shape index (κ2) is 6.48. The van der Waals surface area contributed by atoms with E-state index in [4.69, 9.17) is 4.74 Å². The van der Waals surface area contributed by atoms with E-state index in [-0.39, 0.29) is 24.7 Å². The molecule has 1 aliphatic heterocycles. The van der Waals surface area contributed by atoms with Crippen molar-refractivity contribution in [2.75, 3.05) is 24.9 Å². The van der Waals surface area contributed by atoms with Gasteiger partial charge in [-0.25, -0.2) is 13.4 Å². The highest BCUT2D eigenvalue weighted by Crippen LogP contribution is 2.21. The molecule has 126 valence electrons. The normalized spacial score (nSPS) is 14.8. The largest absolute Gasteiger partial charge is 0.481 e. The van der Waals surface area contributed by atoms with Crippen LogP contribution in [0.4, 0.5) is 5.69 Å². The molecule has 1 amide bonds. The molecule has 1 saturated heterocycles. The summed E-state index contributed by atoms with van der Waals surface area (Å²) in [5.74, 6) is 0.0383. The van der Waals surface area contributed by atoms with Gasteiger partial charge in [-0.3, -0.25) is 9.52 Å². The van der Waals surface area contributed by atoms with Crippen molar-refractivity contribution in [1.82, 2.24) is 9.88 Å². The van der Waals surface area contributed by atoms with E-state index in [1.54, 1.807) is 42.5 Å². The number of amides is 1. The summed E-state index contributed by atoms with van der Waals surface area (Å²) in [5, 5.41) is -0.632. The van der Waals surface area contributed by atoms with Crippen LogP contribution in [0.5, 0.6) is 5.88 Å². The molecule has 8 heteroatoms. The molecular formula is C16H17N3O4S. The molecule has 0 unspecified atom stereocenters. The average molecular weight is 347 g/mol. The quantitative estimate of drug-likeness (QED) is 0.882. The third-order valence-corrected chi connectivity index (χ3v) is 5.46. The molecule has 1 fully saturated rings. The third kappa shape index (κ3) is 3.33. The van der Waals surface area contributed by atoms with Crippen LogP contribution >= 0.6 is 0 Å². The fourth-order valence-electron chi connectivity index (χ4n) is 2.36. The predicted molar refractivity (Wildman–Crippen MR) is 89.5 cm³/mol. The maximum atomic E-state index is 12.3. The number of hydrogen-bond donors (Lipinski definition) is 1. The van der Waals surface area contributed by atoms with Crippen molar-refractivity contribution >= 4 is 21.6 Å². The fourth-order valence-corrected chi connectivity index (χ4v) is 3.75. The van der Waals surface area contributed by atoms with Crippen molar-refractivity contribution in [1.29, 1.82) is 0 Å². The van der Waals surface area contributed by atoms with Gasteiger partial charge in [0.25, 0.3) is 5.91 Å². The van der Waals surface area contributed by atoms with Gasteiger partial charge in [0.15, 0.2) is 0 Å². The van der Waals surface area contributed by atoms with Crippen LogP contribution in [0.25, 0.3) is 0 Å². The van der Waals surface area contributed by atoms with E-state index < -0.39 is 15.3 Å². The van der Waals surface area contributed by atoms with Crippen LogP contribution in [0.15, 0.2) is 48.5 Å². The molecule has 0 radical (unpaired) electrons. The first-order valence-electron chi connectivity index (χ1n) is 7.36. The minimum absolute atomic E-state index is 0.139. The van der Waals surface area contributed by atoms with E-state index in [1.807, 2.05) is 6.07 Å². The summed E-state index contributed by atoms with van der Waals surface area (Å²) in [6, 6.07) is 13.6. The summed E-state index contributed by atoms with van der Waals surface area (Å²) in [4.78, 5) is 17.8. The Labute approximate surface area is 140 Å². The second-order valence-electron chi connectivity index (χ2n) is 5.41. The molecule has 3 rings (SSSR count). The molecule has 0 aliphatic carbocycles. The molecule has 1 N–H and O–H groups in total. The maximum Gasteiger partial charge on any atom is 0.272 e. The van der Waals surface area contributed by atoms with Gasteiger partial charge in [0.2, 0.25) is 15.9 Å². The van der Waals surface area contributed by atoms with Crippen LogP contribution in [0.2, 0.25) is 0 Å².